The number of aryl methyl sites for hydroxylation is 1. The van der Waals surface area contributed by atoms with E-state index in [1.165, 1.54) is 0 Å². The molecule has 0 aliphatic heterocycles. The number of hydrogen-bond donors (Lipinski definition) is 4. The lowest BCUT2D eigenvalue weighted by molar-refractivity contribution is 0.576. The van der Waals surface area contributed by atoms with Crippen molar-refractivity contribution in [3.8, 4) is 0 Å². The molecule has 4 heterocycles. The van der Waals surface area contributed by atoms with Crippen LogP contribution in [0.2, 0.25) is 0 Å². The zero-order valence-corrected chi connectivity index (χ0v) is 15.1. The quantitative estimate of drug-likeness (QED) is 0.400. The normalized spacial score (nSPS) is 14.7. The zero-order chi connectivity index (χ0) is 19.3. The van der Waals surface area contributed by atoms with Gasteiger partial charge in [0.05, 0.1) is 22.6 Å². The van der Waals surface area contributed by atoms with Gasteiger partial charge in [-0.15, -0.1) is 0 Å². The van der Waals surface area contributed by atoms with Gasteiger partial charge in [0, 0.05) is 17.7 Å². The van der Waals surface area contributed by atoms with Gasteiger partial charge in [-0.2, -0.15) is 14.6 Å². The molecule has 0 bridgehead atoms. The van der Waals surface area contributed by atoms with E-state index in [-0.39, 0.29) is 5.69 Å². The first-order chi connectivity index (χ1) is 13.5. The SMILES string of the molecule is C=c1[nH]c(=O)[nH]/c1=C\c1cnn2c(NC3CC3)cc(Nc3nc(C)co3)nc12. The van der Waals surface area contributed by atoms with E-state index in [0.717, 1.165) is 29.9 Å². The van der Waals surface area contributed by atoms with E-state index in [1.54, 1.807) is 23.1 Å². The molecule has 0 aromatic carbocycles. The number of aromatic nitrogens is 6. The first kappa shape index (κ1) is 16.4. The number of imidazole rings is 1. The molecule has 1 aliphatic carbocycles. The van der Waals surface area contributed by atoms with Gasteiger partial charge in [0.25, 0.3) is 6.01 Å². The van der Waals surface area contributed by atoms with Gasteiger partial charge in [-0.1, -0.05) is 6.58 Å². The van der Waals surface area contributed by atoms with Crippen LogP contribution in [-0.2, 0) is 0 Å². The monoisotopic (exact) mass is 378 g/mol. The van der Waals surface area contributed by atoms with Gasteiger partial charge >= 0.3 is 5.69 Å². The van der Waals surface area contributed by atoms with Crippen molar-refractivity contribution in [3.63, 3.8) is 0 Å². The predicted molar refractivity (Wildman–Crippen MR) is 104 cm³/mol. The number of rotatable bonds is 5. The third-order valence-electron chi connectivity index (χ3n) is 4.42. The van der Waals surface area contributed by atoms with Crippen LogP contribution in [0, 0.1) is 6.92 Å². The molecule has 10 heteroatoms. The second-order valence-electron chi connectivity index (χ2n) is 6.82. The van der Waals surface area contributed by atoms with E-state index in [2.05, 4.69) is 42.2 Å². The molecule has 4 N–H and O–H groups in total. The molecule has 4 aromatic rings. The van der Waals surface area contributed by atoms with Gasteiger partial charge in [0.1, 0.15) is 17.9 Å². The fraction of sp³-hybridized carbons (Fsp3) is 0.222. The maximum Gasteiger partial charge on any atom is 0.323 e. The Balaban J connectivity index is 1.64. The highest BCUT2D eigenvalue weighted by Crippen LogP contribution is 2.27. The number of hydrogen-bond acceptors (Lipinski definition) is 7. The smallest absolute Gasteiger partial charge is 0.323 e. The van der Waals surface area contributed by atoms with Crippen LogP contribution >= 0.6 is 0 Å². The van der Waals surface area contributed by atoms with Crippen LogP contribution in [0.5, 0.6) is 0 Å². The first-order valence-corrected chi connectivity index (χ1v) is 8.88. The summed E-state index contributed by atoms with van der Waals surface area (Å²) in [4.78, 5) is 25.7. The van der Waals surface area contributed by atoms with E-state index in [9.17, 15) is 4.79 Å². The number of nitrogens with one attached hydrogen (secondary N) is 4. The van der Waals surface area contributed by atoms with Crippen molar-refractivity contribution >= 4 is 36.0 Å². The van der Waals surface area contributed by atoms with E-state index < -0.39 is 0 Å². The summed E-state index contributed by atoms with van der Waals surface area (Å²) in [5.74, 6) is 1.39. The van der Waals surface area contributed by atoms with Gasteiger partial charge in [0.2, 0.25) is 0 Å². The van der Waals surface area contributed by atoms with Crippen LogP contribution in [0.25, 0.3) is 18.3 Å². The number of H-pyrrole nitrogens is 2. The molecule has 1 fully saturated rings. The van der Waals surface area contributed by atoms with Crippen LogP contribution in [0.15, 0.2) is 27.7 Å². The van der Waals surface area contributed by atoms with Crippen molar-refractivity contribution in [1.82, 2.24) is 29.5 Å². The lowest BCUT2D eigenvalue weighted by Crippen LogP contribution is -2.22. The topological polar surface area (TPSA) is 129 Å². The number of nitrogens with zero attached hydrogens (tertiary/aromatic N) is 4. The predicted octanol–water partition coefficient (Wildman–Crippen LogP) is 0.599. The Morgan fingerprint density at radius 2 is 2.21 bits per heavy atom. The van der Waals surface area contributed by atoms with E-state index in [4.69, 9.17) is 4.42 Å². The van der Waals surface area contributed by atoms with Crippen LogP contribution in [0.1, 0.15) is 24.1 Å². The highest BCUT2D eigenvalue weighted by molar-refractivity contribution is 5.70. The second kappa shape index (κ2) is 6.12. The van der Waals surface area contributed by atoms with Crippen LogP contribution in [-0.4, -0.2) is 35.6 Å². The lowest BCUT2D eigenvalue weighted by Gasteiger charge is -2.10. The Morgan fingerprint density at radius 1 is 1.36 bits per heavy atom. The number of aromatic amines is 2. The maximum atomic E-state index is 11.5. The van der Waals surface area contributed by atoms with Crippen LogP contribution in [0.4, 0.5) is 17.7 Å². The molecule has 28 heavy (non-hydrogen) atoms. The Bertz CT molecular complexity index is 1340. The van der Waals surface area contributed by atoms with Gasteiger partial charge in [-0.05, 0) is 25.8 Å². The molecule has 0 radical (unpaired) electrons. The molecule has 10 nitrogen and oxygen atoms in total. The van der Waals surface area contributed by atoms with Gasteiger partial charge in [-0.3, -0.25) is 5.32 Å². The number of fused-ring (bicyclic) bond motifs is 1. The first-order valence-electron chi connectivity index (χ1n) is 8.88. The van der Waals surface area contributed by atoms with Crippen molar-refractivity contribution in [2.45, 2.75) is 25.8 Å². The summed E-state index contributed by atoms with van der Waals surface area (Å²) >= 11 is 0. The third-order valence-corrected chi connectivity index (χ3v) is 4.42. The van der Waals surface area contributed by atoms with Crippen molar-refractivity contribution in [1.29, 1.82) is 0 Å². The molecule has 5 rings (SSSR count). The largest absolute Gasteiger partial charge is 0.432 e. The second-order valence-corrected chi connectivity index (χ2v) is 6.82. The molecule has 142 valence electrons. The molecule has 4 aromatic heterocycles. The fourth-order valence-corrected chi connectivity index (χ4v) is 2.92. The Kier molecular flexibility index (Phi) is 3.57. The standard InChI is InChI=1S/C18H18N8O2/c1-9-8-28-18(20-9)25-14-6-15(22-12-3-4-12)26-16(24-14)11(7-19-26)5-13-10(2)21-17(27)23-13/h5-8,12,22H,2-4H2,1H3,(H,20,24,25)(H2,21,23,27)/b13-5-. The van der Waals surface area contributed by atoms with Gasteiger partial charge in [0.15, 0.2) is 5.65 Å². The zero-order valence-electron chi connectivity index (χ0n) is 15.1. The summed E-state index contributed by atoms with van der Waals surface area (Å²) in [5, 5.41) is 12.1. The van der Waals surface area contributed by atoms with Crippen LogP contribution in [0.3, 0.4) is 0 Å². The van der Waals surface area contributed by atoms with Gasteiger partial charge < -0.3 is 19.7 Å². The molecule has 1 saturated carbocycles. The van der Waals surface area contributed by atoms with Crippen molar-refractivity contribution in [2.24, 2.45) is 0 Å². The Hall–Kier alpha value is -3.82. The van der Waals surface area contributed by atoms with E-state index in [1.807, 2.05) is 13.0 Å². The van der Waals surface area contributed by atoms with Crippen LogP contribution < -0.4 is 27.0 Å². The number of anilines is 3. The van der Waals surface area contributed by atoms with Crippen molar-refractivity contribution in [2.75, 3.05) is 10.6 Å². The molecular formula is C18H18N8O2. The highest BCUT2D eigenvalue weighted by atomic mass is 16.4. The molecular weight excluding hydrogens is 360 g/mol. The highest BCUT2D eigenvalue weighted by Gasteiger charge is 2.23. The minimum Gasteiger partial charge on any atom is -0.432 e. The summed E-state index contributed by atoms with van der Waals surface area (Å²) in [5.41, 5.74) is 1.83. The van der Waals surface area contributed by atoms with Crippen molar-refractivity contribution < 1.29 is 4.42 Å². The van der Waals surface area contributed by atoms with Gasteiger partial charge in [-0.25, -0.2) is 9.78 Å². The molecule has 0 amide bonds. The molecule has 0 atom stereocenters. The average molecular weight is 378 g/mol. The summed E-state index contributed by atoms with van der Waals surface area (Å²) in [6, 6.07) is 2.67. The minimum absolute atomic E-state index is 0.307. The molecule has 1 aliphatic rings. The Labute approximate surface area is 158 Å². The van der Waals surface area contributed by atoms with E-state index in [0.29, 0.717) is 34.2 Å². The Morgan fingerprint density at radius 3 is 2.89 bits per heavy atom. The maximum absolute atomic E-state index is 11.5. The lowest BCUT2D eigenvalue weighted by atomic mass is 10.3. The number of oxazole rings is 1. The third kappa shape index (κ3) is 3.04. The molecule has 0 spiro atoms. The molecule has 0 unspecified atom stereocenters. The van der Waals surface area contributed by atoms with Crippen molar-refractivity contribution in [3.05, 3.63) is 51.0 Å². The summed E-state index contributed by atoms with van der Waals surface area (Å²) in [6.07, 6.45) is 7.31. The summed E-state index contributed by atoms with van der Waals surface area (Å²) < 4.78 is 7.11. The molecule has 0 saturated heterocycles. The summed E-state index contributed by atoms with van der Waals surface area (Å²) in [6.45, 7) is 5.68. The fourth-order valence-electron chi connectivity index (χ4n) is 2.92. The summed E-state index contributed by atoms with van der Waals surface area (Å²) in [7, 11) is 0. The average Bonchev–Trinajstić information content (AvgIpc) is 3.08. The van der Waals surface area contributed by atoms with E-state index >= 15 is 0 Å². The minimum atomic E-state index is -0.307.